The molecule has 2 saturated carbocycles. The molecule has 0 spiro atoms. The predicted octanol–water partition coefficient (Wildman–Crippen LogP) is 1.95. The zero-order valence-electron chi connectivity index (χ0n) is 27.0. The van der Waals surface area contributed by atoms with Gasteiger partial charge in [-0.25, -0.2) is 18.0 Å². The van der Waals surface area contributed by atoms with E-state index in [1.165, 1.54) is 11.0 Å². The van der Waals surface area contributed by atoms with E-state index in [9.17, 15) is 32.4 Å². The molecule has 15 heteroatoms. The van der Waals surface area contributed by atoms with Crippen LogP contribution in [0.1, 0.15) is 62.6 Å². The minimum atomic E-state index is -3.90. The number of carbonyl (C=O) groups is 5. The highest BCUT2D eigenvalue weighted by atomic mass is 32.2. The van der Waals surface area contributed by atoms with Crippen molar-refractivity contribution in [3.05, 3.63) is 53.6 Å². The van der Waals surface area contributed by atoms with Gasteiger partial charge in [0.1, 0.15) is 23.7 Å². The van der Waals surface area contributed by atoms with Crippen LogP contribution in [0, 0.1) is 11.8 Å². The molecule has 4 bridgehead atoms. The van der Waals surface area contributed by atoms with E-state index in [0.29, 0.717) is 32.4 Å². The van der Waals surface area contributed by atoms with Crippen LogP contribution in [-0.2, 0) is 47.0 Å². The quantitative estimate of drug-likeness (QED) is 0.362. The standard InChI is InChI=1S/C33H41N5O9S/c1-4-22-15-33(22,30(41)36-48(44,45)24-11-12-24)35-28(39)26-14-23-17-38(26)29(40)27(19(2)3)34-31(42)46-13-6-5-8-20-9-7-10-21-16-37(18-25(20)21)32(43)47-23/h4-5,7-10,19,22-24,26-27H,1,6,11-18H2,2-3H3,(H,34,42)(H,35,39)(H,36,41)/b8-5+/t22-,23+,26-,27-,33+/m0/s1. The first kappa shape index (κ1) is 33.5. The van der Waals surface area contributed by atoms with Crippen molar-refractivity contribution in [3.8, 4) is 0 Å². The molecular formula is C33H41N5O9S. The van der Waals surface area contributed by atoms with Gasteiger partial charge in [-0.05, 0) is 48.3 Å². The molecule has 3 aliphatic heterocycles. The summed E-state index contributed by atoms with van der Waals surface area (Å²) in [6.45, 7) is 7.76. The van der Waals surface area contributed by atoms with E-state index in [1.54, 1.807) is 18.7 Å². The van der Waals surface area contributed by atoms with Gasteiger partial charge in [0.15, 0.2) is 0 Å². The Kier molecular flexibility index (Phi) is 9.00. The van der Waals surface area contributed by atoms with Crippen molar-refractivity contribution in [1.29, 1.82) is 0 Å². The van der Waals surface area contributed by atoms with Gasteiger partial charge < -0.3 is 25.0 Å². The van der Waals surface area contributed by atoms with Crippen LogP contribution in [0.4, 0.5) is 9.59 Å². The van der Waals surface area contributed by atoms with Gasteiger partial charge in [0.05, 0.1) is 24.9 Å². The Bertz CT molecular complexity index is 1670. The molecule has 5 amide bonds. The molecule has 0 radical (unpaired) electrons. The molecule has 1 aromatic carbocycles. The molecule has 5 atom stereocenters. The average Bonchev–Trinajstić information content (AvgIpc) is 3.93. The number of hydrogen-bond acceptors (Lipinski definition) is 9. The summed E-state index contributed by atoms with van der Waals surface area (Å²) in [5.74, 6) is -3.12. The van der Waals surface area contributed by atoms with Gasteiger partial charge in [0.25, 0.3) is 5.91 Å². The van der Waals surface area contributed by atoms with E-state index in [-0.39, 0.29) is 26.0 Å². The summed E-state index contributed by atoms with van der Waals surface area (Å²) in [5.41, 5.74) is 1.31. The second-order valence-corrected chi connectivity index (χ2v) is 15.4. The lowest BCUT2D eigenvalue weighted by Gasteiger charge is -2.31. The average molecular weight is 684 g/mol. The summed E-state index contributed by atoms with van der Waals surface area (Å²) < 4.78 is 38.5. The van der Waals surface area contributed by atoms with E-state index in [0.717, 1.165) is 16.7 Å². The number of cyclic esters (lactones) is 1. The molecule has 1 aromatic rings. The Morgan fingerprint density at radius 3 is 2.62 bits per heavy atom. The maximum Gasteiger partial charge on any atom is 0.410 e. The third-order valence-electron chi connectivity index (χ3n) is 9.66. The summed E-state index contributed by atoms with van der Waals surface area (Å²) in [4.78, 5) is 70.4. The number of benzene rings is 1. The van der Waals surface area contributed by atoms with Gasteiger partial charge in [-0.3, -0.25) is 24.0 Å². The third kappa shape index (κ3) is 6.64. The van der Waals surface area contributed by atoms with Gasteiger partial charge >= 0.3 is 12.2 Å². The van der Waals surface area contributed by atoms with Crippen molar-refractivity contribution >= 4 is 46.0 Å². The van der Waals surface area contributed by atoms with Crippen molar-refractivity contribution < 1.29 is 41.9 Å². The molecule has 0 unspecified atom stereocenters. The van der Waals surface area contributed by atoms with Crippen LogP contribution in [0.25, 0.3) is 6.08 Å². The number of rotatable bonds is 7. The molecule has 48 heavy (non-hydrogen) atoms. The zero-order valence-corrected chi connectivity index (χ0v) is 27.8. The van der Waals surface area contributed by atoms with Crippen LogP contribution in [0.15, 0.2) is 36.9 Å². The Morgan fingerprint density at radius 2 is 1.94 bits per heavy atom. The number of alkyl carbamates (subject to hydrolysis) is 1. The van der Waals surface area contributed by atoms with Crippen molar-refractivity contribution in [1.82, 2.24) is 25.2 Å². The first-order chi connectivity index (χ1) is 22.8. The summed E-state index contributed by atoms with van der Waals surface area (Å²) in [7, 11) is -3.90. The lowest BCUT2D eigenvalue weighted by molar-refractivity contribution is -0.141. The minimum Gasteiger partial charge on any atom is -0.449 e. The topological polar surface area (TPSA) is 181 Å². The number of nitrogens with zero attached hydrogens (tertiary/aromatic N) is 2. The number of nitrogens with one attached hydrogen (secondary N) is 3. The highest BCUT2D eigenvalue weighted by Crippen LogP contribution is 2.45. The molecule has 14 nitrogen and oxygen atoms in total. The molecule has 6 rings (SSSR count). The largest absolute Gasteiger partial charge is 0.449 e. The molecule has 258 valence electrons. The first-order valence-corrected chi connectivity index (χ1v) is 17.8. The highest BCUT2D eigenvalue weighted by Gasteiger charge is 2.62. The normalized spacial score (nSPS) is 29.6. The van der Waals surface area contributed by atoms with Gasteiger partial charge in [0, 0.05) is 18.9 Å². The van der Waals surface area contributed by atoms with Gasteiger partial charge in [0.2, 0.25) is 21.8 Å². The Labute approximate surface area is 279 Å². The second kappa shape index (κ2) is 12.9. The van der Waals surface area contributed by atoms with Crippen LogP contribution in [0.5, 0.6) is 0 Å². The lowest BCUT2D eigenvalue weighted by Crippen LogP contribution is -2.59. The van der Waals surface area contributed by atoms with Gasteiger partial charge in [-0.2, -0.15) is 0 Å². The number of ether oxygens (including phenoxy) is 2. The van der Waals surface area contributed by atoms with E-state index in [1.807, 2.05) is 30.4 Å². The Balaban J connectivity index is 1.26. The van der Waals surface area contributed by atoms with Gasteiger partial charge in [-0.15, -0.1) is 6.58 Å². The minimum absolute atomic E-state index is 0.0662. The van der Waals surface area contributed by atoms with E-state index < -0.39 is 80.7 Å². The van der Waals surface area contributed by atoms with Crippen LogP contribution < -0.4 is 15.4 Å². The molecule has 5 aliphatic rings. The predicted molar refractivity (Wildman–Crippen MR) is 172 cm³/mol. The molecule has 3 fully saturated rings. The Morgan fingerprint density at radius 1 is 1.17 bits per heavy atom. The number of sulfonamides is 1. The lowest BCUT2D eigenvalue weighted by atomic mass is 10.0. The van der Waals surface area contributed by atoms with Crippen LogP contribution in [-0.4, -0.2) is 90.3 Å². The van der Waals surface area contributed by atoms with Crippen molar-refractivity contribution in [3.63, 3.8) is 0 Å². The molecule has 2 aliphatic carbocycles. The maximum absolute atomic E-state index is 14.1. The highest BCUT2D eigenvalue weighted by molar-refractivity contribution is 7.91. The van der Waals surface area contributed by atoms with Crippen LogP contribution in [0.2, 0.25) is 0 Å². The van der Waals surface area contributed by atoms with Crippen LogP contribution in [0.3, 0.4) is 0 Å². The fourth-order valence-corrected chi connectivity index (χ4v) is 8.00. The maximum atomic E-state index is 14.1. The van der Waals surface area contributed by atoms with Crippen molar-refractivity contribution in [2.75, 3.05) is 13.2 Å². The molecule has 3 N–H and O–H groups in total. The smallest absolute Gasteiger partial charge is 0.410 e. The van der Waals surface area contributed by atoms with E-state index >= 15 is 0 Å². The SMILES string of the molecule is C=C[C@H]1C[C@]1(NC(=O)[C@@H]1C[C@@H]2CN1C(=O)[C@H](C(C)C)NC(=O)OCC/C=C/c1cccc3c1CN(C3)C(=O)O2)C(=O)NS(=O)(=O)C1CC1. The van der Waals surface area contributed by atoms with E-state index in [2.05, 4.69) is 21.9 Å². The molecular weight excluding hydrogens is 642 g/mol. The summed E-state index contributed by atoms with van der Waals surface area (Å²) >= 11 is 0. The number of amides is 5. The number of fused-ring (bicyclic) bond motifs is 3. The molecule has 3 heterocycles. The number of carbonyl (C=O) groups excluding carboxylic acids is 5. The van der Waals surface area contributed by atoms with Gasteiger partial charge in [-0.1, -0.05) is 50.3 Å². The Hall–Kier alpha value is -4.40. The summed E-state index contributed by atoms with van der Waals surface area (Å²) in [6.07, 6.45) is 4.36. The molecule has 0 aromatic heterocycles. The second-order valence-electron chi connectivity index (χ2n) is 13.5. The molecule has 1 saturated heterocycles. The monoisotopic (exact) mass is 683 g/mol. The van der Waals surface area contributed by atoms with Crippen molar-refractivity contribution in [2.45, 2.75) is 88.0 Å². The number of hydrogen-bond donors (Lipinski definition) is 3. The first-order valence-electron chi connectivity index (χ1n) is 16.3. The third-order valence-corrected chi connectivity index (χ3v) is 11.5. The van der Waals surface area contributed by atoms with Crippen molar-refractivity contribution in [2.24, 2.45) is 11.8 Å². The fourth-order valence-electron chi connectivity index (χ4n) is 6.64. The van der Waals surface area contributed by atoms with Crippen LogP contribution >= 0.6 is 0 Å². The fraction of sp³-hybridized carbons (Fsp3) is 0.545. The zero-order chi connectivity index (χ0) is 34.4. The summed E-state index contributed by atoms with van der Waals surface area (Å²) in [6, 6.07) is 3.51. The summed E-state index contributed by atoms with van der Waals surface area (Å²) in [5, 5.41) is 4.69. The van der Waals surface area contributed by atoms with E-state index in [4.69, 9.17) is 9.47 Å².